The van der Waals surface area contributed by atoms with Gasteiger partial charge in [0, 0.05) is 18.5 Å². The number of likely N-dealkylation sites (tertiary alicyclic amines) is 1. The third-order valence-electron chi connectivity index (χ3n) is 4.31. The minimum Gasteiger partial charge on any atom is -0.312 e. The summed E-state index contributed by atoms with van der Waals surface area (Å²) in [5.74, 6) is 0. The predicted molar refractivity (Wildman–Crippen MR) is 66.6 cm³/mol. The van der Waals surface area contributed by atoms with E-state index in [4.69, 9.17) is 0 Å². The van der Waals surface area contributed by atoms with Crippen LogP contribution in [0.1, 0.15) is 24.0 Å². The number of nitrogens with one attached hydrogen (secondary N) is 1. The summed E-state index contributed by atoms with van der Waals surface area (Å²) >= 11 is 0. The Labute approximate surface area is 97.6 Å². The molecule has 2 aliphatic heterocycles. The molecule has 1 aromatic carbocycles. The van der Waals surface area contributed by atoms with E-state index < -0.39 is 0 Å². The molecule has 1 aromatic rings. The Bertz CT molecular complexity index is 378. The predicted octanol–water partition coefficient (Wildman–Crippen LogP) is 1.75. The molecule has 0 bridgehead atoms. The highest BCUT2D eigenvalue weighted by atomic mass is 15.1. The molecule has 1 fully saturated rings. The van der Waals surface area contributed by atoms with Gasteiger partial charge in [0.1, 0.15) is 0 Å². The molecular weight excluding hydrogens is 196 g/mol. The maximum absolute atomic E-state index is 3.60. The number of nitrogens with zero attached hydrogens (tertiary/aromatic N) is 1. The molecular formula is C14H20N2. The largest absolute Gasteiger partial charge is 0.312 e. The zero-order valence-corrected chi connectivity index (χ0v) is 10.00. The number of piperidine rings is 1. The molecule has 2 nitrogen and oxygen atoms in total. The van der Waals surface area contributed by atoms with Crippen LogP contribution in [0, 0.1) is 0 Å². The van der Waals surface area contributed by atoms with E-state index in [1.807, 2.05) is 0 Å². The molecule has 0 unspecified atom stereocenters. The van der Waals surface area contributed by atoms with Crippen molar-refractivity contribution in [2.75, 3.05) is 26.7 Å². The van der Waals surface area contributed by atoms with Gasteiger partial charge in [-0.2, -0.15) is 0 Å². The minimum atomic E-state index is 0.418. The molecule has 0 amide bonds. The molecule has 0 saturated carbocycles. The molecule has 0 aliphatic carbocycles. The summed E-state index contributed by atoms with van der Waals surface area (Å²) < 4.78 is 0. The summed E-state index contributed by atoms with van der Waals surface area (Å²) in [5.41, 5.74) is 3.54. The molecule has 0 radical (unpaired) electrons. The highest BCUT2D eigenvalue weighted by molar-refractivity contribution is 5.37. The van der Waals surface area contributed by atoms with Gasteiger partial charge in [-0.15, -0.1) is 0 Å². The van der Waals surface area contributed by atoms with E-state index in [2.05, 4.69) is 41.5 Å². The summed E-state index contributed by atoms with van der Waals surface area (Å²) in [4.78, 5) is 2.45. The smallest absolute Gasteiger partial charge is 0.0208 e. The third kappa shape index (κ3) is 1.57. The van der Waals surface area contributed by atoms with E-state index in [1.54, 1.807) is 5.56 Å². The lowest BCUT2D eigenvalue weighted by atomic mass is 9.69. The first-order valence-corrected chi connectivity index (χ1v) is 6.28. The van der Waals surface area contributed by atoms with Crippen molar-refractivity contribution in [3.05, 3.63) is 35.4 Å². The van der Waals surface area contributed by atoms with Crippen LogP contribution >= 0.6 is 0 Å². The average Bonchev–Trinajstić information content (AvgIpc) is 2.34. The Morgan fingerprint density at radius 2 is 1.94 bits per heavy atom. The fourth-order valence-corrected chi connectivity index (χ4v) is 3.22. The van der Waals surface area contributed by atoms with Crippen molar-refractivity contribution in [1.29, 1.82) is 0 Å². The van der Waals surface area contributed by atoms with Crippen molar-refractivity contribution >= 4 is 0 Å². The van der Waals surface area contributed by atoms with E-state index in [1.165, 1.54) is 31.5 Å². The Morgan fingerprint density at radius 1 is 1.19 bits per heavy atom. The Balaban J connectivity index is 1.97. The van der Waals surface area contributed by atoms with Gasteiger partial charge in [0.15, 0.2) is 0 Å². The van der Waals surface area contributed by atoms with Crippen LogP contribution in [0.4, 0.5) is 0 Å². The SMILES string of the molecule is CN1CCC2(CC1)CNCc1ccccc12. The van der Waals surface area contributed by atoms with Crippen LogP contribution in [-0.4, -0.2) is 31.6 Å². The number of fused-ring (bicyclic) bond motifs is 2. The quantitative estimate of drug-likeness (QED) is 0.711. The second kappa shape index (κ2) is 3.86. The zero-order chi connectivity index (χ0) is 11.0. The van der Waals surface area contributed by atoms with Gasteiger partial charge in [0.2, 0.25) is 0 Å². The summed E-state index contributed by atoms with van der Waals surface area (Å²) in [6.45, 7) is 4.68. The molecule has 1 saturated heterocycles. The average molecular weight is 216 g/mol. The van der Waals surface area contributed by atoms with E-state index >= 15 is 0 Å². The number of benzene rings is 1. The van der Waals surface area contributed by atoms with Gasteiger partial charge in [-0.05, 0) is 44.1 Å². The normalized spacial score (nSPS) is 24.3. The summed E-state index contributed by atoms with van der Waals surface area (Å²) in [6, 6.07) is 8.99. The van der Waals surface area contributed by atoms with Gasteiger partial charge < -0.3 is 10.2 Å². The van der Waals surface area contributed by atoms with E-state index in [9.17, 15) is 0 Å². The van der Waals surface area contributed by atoms with E-state index in [0.717, 1.165) is 13.1 Å². The first-order chi connectivity index (χ1) is 7.80. The van der Waals surface area contributed by atoms with Gasteiger partial charge in [-0.25, -0.2) is 0 Å². The van der Waals surface area contributed by atoms with Gasteiger partial charge in [-0.1, -0.05) is 24.3 Å². The lowest BCUT2D eigenvalue weighted by Gasteiger charge is -2.44. The lowest BCUT2D eigenvalue weighted by Crippen LogP contribution is -2.49. The summed E-state index contributed by atoms with van der Waals surface area (Å²) in [7, 11) is 2.23. The van der Waals surface area contributed by atoms with Gasteiger partial charge >= 0.3 is 0 Å². The van der Waals surface area contributed by atoms with Crippen LogP contribution in [0.2, 0.25) is 0 Å². The molecule has 1 spiro atoms. The molecule has 2 heterocycles. The molecule has 3 rings (SSSR count). The summed E-state index contributed by atoms with van der Waals surface area (Å²) in [5, 5.41) is 3.60. The van der Waals surface area contributed by atoms with Crippen LogP contribution in [0.25, 0.3) is 0 Å². The molecule has 1 N–H and O–H groups in total. The van der Waals surface area contributed by atoms with Crippen LogP contribution in [-0.2, 0) is 12.0 Å². The van der Waals surface area contributed by atoms with Crippen molar-refractivity contribution in [3.63, 3.8) is 0 Å². The molecule has 16 heavy (non-hydrogen) atoms. The Hall–Kier alpha value is -0.860. The maximum Gasteiger partial charge on any atom is 0.0208 e. The minimum absolute atomic E-state index is 0.418. The Morgan fingerprint density at radius 3 is 2.75 bits per heavy atom. The molecule has 86 valence electrons. The fraction of sp³-hybridized carbons (Fsp3) is 0.571. The first-order valence-electron chi connectivity index (χ1n) is 6.28. The van der Waals surface area contributed by atoms with E-state index in [-0.39, 0.29) is 0 Å². The highest BCUT2D eigenvalue weighted by Gasteiger charge is 2.38. The molecule has 0 atom stereocenters. The van der Waals surface area contributed by atoms with Crippen LogP contribution in [0.5, 0.6) is 0 Å². The van der Waals surface area contributed by atoms with Crippen molar-refractivity contribution in [2.24, 2.45) is 0 Å². The van der Waals surface area contributed by atoms with Crippen molar-refractivity contribution in [2.45, 2.75) is 24.8 Å². The first kappa shape index (κ1) is 10.3. The third-order valence-corrected chi connectivity index (χ3v) is 4.31. The number of hydrogen-bond donors (Lipinski definition) is 1. The number of rotatable bonds is 0. The van der Waals surface area contributed by atoms with Gasteiger partial charge in [0.05, 0.1) is 0 Å². The highest BCUT2D eigenvalue weighted by Crippen LogP contribution is 2.38. The lowest BCUT2D eigenvalue weighted by molar-refractivity contribution is 0.176. The molecule has 2 heteroatoms. The second-order valence-electron chi connectivity index (χ2n) is 5.34. The Kier molecular flexibility index (Phi) is 2.49. The van der Waals surface area contributed by atoms with Crippen LogP contribution in [0.3, 0.4) is 0 Å². The zero-order valence-electron chi connectivity index (χ0n) is 10.00. The van der Waals surface area contributed by atoms with E-state index in [0.29, 0.717) is 5.41 Å². The standard InChI is InChI=1S/C14H20N2/c1-16-8-6-14(7-9-16)11-15-10-12-4-2-3-5-13(12)14/h2-5,15H,6-11H2,1H3. The number of hydrogen-bond acceptors (Lipinski definition) is 2. The van der Waals surface area contributed by atoms with Crippen LogP contribution in [0.15, 0.2) is 24.3 Å². The van der Waals surface area contributed by atoms with Gasteiger partial charge in [-0.3, -0.25) is 0 Å². The molecule has 0 aromatic heterocycles. The maximum atomic E-state index is 3.60. The fourth-order valence-electron chi connectivity index (χ4n) is 3.22. The second-order valence-corrected chi connectivity index (χ2v) is 5.34. The van der Waals surface area contributed by atoms with Crippen molar-refractivity contribution in [1.82, 2.24) is 10.2 Å². The van der Waals surface area contributed by atoms with Gasteiger partial charge in [0.25, 0.3) is 0 Å². The topological polar surface area (TPSA) is 15.3 Å². The summed E-state index contributed by atoms with van der Waals surface area (Å²) in [6.07, 6.45) is 2.60. The monoisotopic (exact) mass is 216 g/mol. The molecule has 2 aliphatic rings. The van der Waals surface area contributed by atoms with Crippen molar-refractivity contribution < 1.29 is 0 Å². The van der Waals surface area contributed by atoms with Crippen LogP contribution < -0.4 is 5.32 Å². The van der Waals surface area contributed by atoms with Crippen molar-refractivity contribution in [3.8, 4) is 0 Å².